The average Bonchev–Trinajstić information content (AvgIpc) is 2.98. The lowest BCUT2D eigenvalue weighted by atomic mass is 10.1. The lowest BCUT2D eigenvalue weighted by molar-refractivity contribution is 0.170. The molecule has 1 aromatic carbocycles. The van der Waals surface area contributed by atoms with Crippen molar-refractivity contribution in [1.29, 1.82) is 0 Å². The molecule has 0 saturated carbocycles. The Labute approximate surface area is 134 Å². The minimum absolute atomic E-state index is 0.266. The van der Waals surface area contributed by atoms with E-state index in [4.69, 9.17) is 27.6 Å². The van der Waals surface area contributed by atoms with Crippen LogP contribution < -0.4 is 5.32 Å². The van der Waals surface area contributed by atoms with Crippen molar-refractivity contribution in [1.82, 2.24) is 5.32 Å². The molecular formula is C16H19Cl2NO2. The third kappa shape index (κ3) is 5.04. The molecule has 2 aromatic rings. The van der Waals surface area contributed by atoms with Gasteiger partial charge in [-0.3, -0.25) is 0 Å². The van der Waals surface area contributed by atoms with Crippen LogP contribution in [-0.2, 0) is 6.42 Å². The van der Waals surface area contributed by atoms with E-state index in [2.05, 4.69) is 12.2 Å². The van der Waals surface area contributed by atoms with Crippen LogP contribution in [0.2, 0.25) is 10.0 Å². The van der Waals surface area contributed by atoms with Gasteiger partial charge >= 0.3 is 0 Å². The van der Waals surface area contributed by atoms with Crippen molar-refractivity contribution in [3.05, 3.63) is 58.0 Å². The second-order valence-electron chi connectivity index (χ2n) is 5.11. The van der Waals surface area contributed by atoms with Crippen molar-refractivity contribution >= 4 is 23.2 Å². The number of hydrogen-bond donors (Lipinski definition) is 2. The summed E-state index contributed by atoms with van der Waals surface area (Å²) < 4.78 is 5.30. The van der Waals surface area contributed by atoms with Gasteiger partial charge in [-0.2, -0.15) is 0 Å². The molecule has 0 spiro atoms. The number of furan rings is 1. The molecule has 0 saturated heterocycles. The Bertz CT molecular complexity index is 557. The van der Waals surface area contributed by atoms with E-state index in [-0.39, 0.29) is 6.04 Å². The first kappa shape index (κ1) is 16.4. The smallest absolute Gasteiger partial charge is 0.103 e. The average molecular weight is 328 g/mol. The van der Waals surface area contributed by atoms with E-state index in [9.17, 15) is 5.11 Å². The van der Waals surface area contributed by atoms with Crippen LogP contribution >= 0.6 is 23.2 Å². The molecule has 2 N–H and O–H groups in total. The minimum Gasteiger partial charge on any atom is -0.469 e. The second kappa shape index (κ2) is 7.85. The molecule has 21 heavy (non-hydrogen) atoms. The molecule has 0 fully saturated rings. The number of aliphatic hydroxyl groups excluding tert-OH is 1. The fraction of sp³-hybridized carbons (Fsp3) is 0.375. The normalized spacial score (nSPS) is 14.1. The zero-order valence-electron chi connectivity index (χ0n) is 11.9. The van der Waals surface area contributed by atoms with Crippen LogP contribution in [0.4, 0.5) is 0 Å². The minimum atomic E-state index is -0.678. The summed E-state index contributed by atoms with van der Waals surface area (Å²) in [6, 6.07) is 9.22. The van der Waals surface area contributed by atoms with Gasteiger partial charge in [0, 0.05) is 34.6 Å². The van der Waals surface area contributed by atoms with Gasteiger partial charge in [0.05, 0.1) is 12.4 Å². The molecular weight excluding hydrogens is 309 g/mol. The van der Waals surface area contributed by atoms with Gasteiger partial charge in [0.15, 0.2) is 0 Å². The van der Waals surface area contributed by atoms with E-state index in [0.717, 1.165) is 18.6 Å². The Balaban J connectivity index is 1.80. The highest BCUT2D eigenvalue weighted by molar-refractivity contribution is 6.33. The van der Waals surface area contributed by atoms with Crippen molar-refractivity contribution in [3.8, 4) is 0 Å². The number of hydrogen-bond acceptors (Lipinski definition) is 3. The highest BCUT2D eigenvalue weighted by Crippen LogP contribution is 2.26. The van der Waals surface area contributed by atoms with Crippen LogP contribution in [0, 0.1) is 0 Å². The van der Waals surface area contributed by atoms with Gasteiger partial charge in [-0.25, -0.2) is 0 Å². The fourth-order valence-corrected chi connectivity index (χ4v) is 2.53. The Kier molecular flexibility index (Phi) is 6.12. The summed E-state index contributed by atoms with van der Waals surface area (Å²) >= 11 is 12.0. The van der Waals surface area contributed by atoms with Crippen LogP contribution in [0.15, 0.2) is 41.0 Å². The fourth-order valence-electron chi connectivity index (χ4n) is 2.11. The van der Waals surface area contributed by atoms with Gasteiger partial charge in [-0.1, -0.05) is 23.2 Å². The molecule has 114 valence electrons. The molecule has 2 rings (SSSR count). The van der Waals surface area contributed by atoms with E-state index in [1.807, 2.05) is 12.1 Å². The number of rotatable bonds is 7. The molecule has 0 bridgehead atoms. The third-order valence-corrected chi connectivity index (χ3v) is 3.96. The number of nitrogens with one attached hydrogen (secondary N) is 1. The third-order valence-electron chi connectivity index (χ3n) is 3.38. The quantitative estimate of drug-likeness (QED) is 0.799. The molecule has 2 atom stereocenters. The van der Waals surface area contributed by atoms with Crippen molar-refractivity contribution in [2.75, 3.05) is 6.54 Å². The number of benzene rings is 1. The largest absolute Gasteiger partial charge is 0.469 e. The van der Waals surface area contributed by atoms with E-state index < -0.39 is 6.10 Å². The molecule has 0 radical (unpaired) electrons. The molecule has 0 aliphatic rings. The lowest BCUT2D eigenvalue weighted by Crippen LogP contribution is -2.30. The highest BCUT2D eigenvalue weighted by Gasteiger charge is 2.13. The van der Waals surface area contributed by atoms with Crippen molar-refractivity contribution in [2.45, 2.75) is 31.9 Å². The number of halogens is 2. The summed E-state index contributed by atoms with van der Waals surface area (Å²) in [5.41, 5.74) is 0.648. The van der Waals surface area contributed by atoms with E-state index in [1.54, 1.807) is 24.5 Å². The van der Waals surface area contributed by atoms with Crippen LogP contribution in [0.5, 0.6) is 0 Å². The number of aryl methyl sites for hydroxylation is 1. The molecule has 1 heterocycles. The maximum atomic E-state index is 10.2. The van der Waals surface area contributed by atoms with Crippen molar-refractivity contribution in [3.63, 3.8) is 0 Å². The predicted molar refractivity (Wildman–Crippen MR) is 85.9 cm³/mol. The van der Waals surface area contributed by atoms with E-state index in [0.29, 0.717) is 22.2 Å². The van der Waals surface area contributed by atoms with Crippen LogP contribution in [0.1, 0.15) is 30.8 Å². The van der Waals surface area contributed by atoms with E-state index >= 15 is 0 Å². The first-order valence-electron chi connectivity index (χ1n) is 6.95. The zero-order chi connectivity index (χ0) is 15.2. The van der Waals surface area contributed by atoms with Gasteiger partial charge in [0.25, 0.3) is 0 Å². The Morgan fingerprint density at radius 3 is 2.81 bits per heavy atom. The van der Waals surface area contributed by atoms with Crippen LogP contribution in [0.3, 0.4) is 0 Å². The molecule has 0 aliphatic heterocycles. The molecule has 3 nitrogen and oxygen atoms in total. The highest BCUT2D eigenvalue weighted by atomic mass is 35.5. The maximum Gasteiger partial charge on any atom is 0.103 e. The summed E-state index contributed by atoms with van der Waals surface area (Å²) in [7, 11) is 0. The van der Waals surface area contributed by atoms with Crippen LogP contribution in [0.25, 0.3) is 0 Å². The summed E-state index contributed by atoms with van der Waals surface area (Å²) in [5.74, 6) is 0.974. The van der Waals surface area contributed by atoms with Gasteiger partial charge in [-0.15, -0.1) is 0 Å². The summed E-state index contributed by atoms with van der Waals surface area (Å²) in [5, 5.41) is 14.6. The monoisotopic (exact) mass is 327 g/mol. The standard InChI is InChI=1S/C16H19Cl2NO2/c1-11(4-6-13-3-2-8-21-13)19-10-16(20)14-9-12(17)5-7-15(14)18/h2-3,5,7-9,11,16,19-20H,4,6,10H2,1H3. The van der Waals surface area contributed by atoms with Gasteiger partial charge in [0.2, 0.25) is 0 Å². The number of aliphatic hydroxyl groups is 1. The van der Waals surface area contributed by atoms with Gasteiger partial charge in [-0.05, 0) is 43.7 Å². The maximum absolute atomic E-state index is 10.2. The SMILES string of the molecule is CC(CCc1ccco1)NCC(O)c1cc(Cl)ccc1Cl. The first-order chi connectivity index (χ1) is 10.1. The molecule has 0 aliphatic carbocycles. The second-order valence-corrected chi connectivity index (χ2v) is 5.95. The zero-order valence-corrected chi connectivity index (χ0v) is 13.4. The van der Waals surface area contributed by atoms with Gasteiger partial charge < -0.3 is 14.8 Å². The Morgan fingerprint density at radius 2 is 2.10 bits per heavy atom. The van der Waals surface area contributed by atoms with E-state index in [1.165, 1.54) is 0 Å². The Hall–Kier alpha value is -1.000. The molecule has 1 aromatic heterocycles. The van der Waals surface area contributed by atoms with Crippen molar-refractivity contribution < 1.29 is 9.52 Å². The summed E-state index contributed by atoms with van der Waals surface area (Å²) in [6.07, 6.45) is 2.80. The molecule has 0 amide bonds. The molecule has 5 heteroatoms. The Morgan fingerprint density at radius 1 is 1.29 bits per heavy atom. The van der Waals surface area contributed by atoms with Crippen LogP contribution in [-0.4, -0.2) is 17.7 Å². The topological polar surface area (TPSA) is 45.4 Å². The first-order valence-corrected chi connectivity index (χ1v) is 7.70. The molecule has 2 unspecified atom stereocenters. The lowest BCUT2D eigenvalue weighted by Gasteiger charge is -2.18. The van der Waals surface area contributed by atoms with Gasteiger partial charge in [0.1, 0.15) is 5.76 Å². The summed E-state index contributed by atoms with van der Waals surface area (Å²) in [6.45, 7) is 2.51. The van der Waals surface area contributed by atoms with Crippen molar-refractivity contribution in [2.24, 2.45) is 0 Å². The summed E-state index contributed by atoms with van der Waals surface area (Å²) in [4.78, 5) is 0. The predicted octanol–water partition coefficient (Wildman–Crippen LogP) is 4.23.